The lowest BCUT2D eigenvalue weighted by Crippen LogP contribution is -2.30. The standard InChI is InChI=1S/C17H15F4NO2/c18-14-7-2-1-4-11(14)9-16(24)22-10-15(23)12-5-3-6-13(8-12)17(19,20)21/h1-8,15,23H,9-10H2,(H,22,24). The smallest absolute Gasteiger partial charge is 0.387 e. The van der Waals surface area contributed by atoms with Crippen molar-refractivity contribution >= 4 is 5.91 Å². The van der Waals surface area contributed by atoms with Crippen LogP contribution in [0.2, 0.25) is 0 Å². The lowest BCUT2D eigenvalue weighted by molar-refractivity contribution is -0.137. The predicted molar refractivity (Wildman–Crippen MR) is 79.5 cm³/mol. The molecule has 0 fully saturated rings. The van der Waals surface area contributed by atoms with Gasteiger partial charge in [0.05, 0.1) is 18.1 Å². The normalized spacial score (nSPS) is 12.7. The molecule has 1 unspecified atom stereocenters. The van der Waals surface area contributed by atoms with Gasteiger partial charge in [-0.25, -0.2) is 4.39 Å². The number of nitrogens with one attached hydrogen (secondary N) is 1. The van der Waals surface area contributed by atoms with Crippen LogP contribution in [0.4, 0.5) is 17.6 Å². The second-order valence-electron chi connectivity index (χ2n) is 5.21. The van der Waals surface area contributed by atoms with Crippen LogP contribution in [-0.4, -0.2) is 17.6 Å². The second-order valence-corrected chi connectivity index (χ2v) is 5.21. The van der Waals surface area contributed by atoms with Crippen LogP contribution in [0.3, 0.4) is 0 Å². The molecular formula is C17H15F4NO2. The van der Waals surface area contributed by atoms with Gasteiger partial charge < -0.3 is 10.4 Å². The van der Waals surface area contributed by atoms with E-state index in [0.717, 1.165) is 12.1 Å². The number of alkyl halides is 3. The molecule has 0 saturated heterocycles. The molecule has 0 bridgehead atoms. The number of hydrogen-bond donors (Lipinski definition) is 2. The van der Waals surface area contributed by atoms with E-state index >= 15 is 0 Å². The number of benzene rings is 2. The fraction of sp³-hybridized carbons (Fsp3) is 0.235. The Hall–Kier alpha value is -2.41. The molecule has 0 aliphatic carbocycles. The average Bonchev–Trinajstić information content (AvgIpc) is 2.54. The van der Waals surface area contributed by atoms with E-state index in [1.807, 2.05) is 0 Å². The maximum absolute atomic E-state index is 13.4. The zero-order valence-corrected chi connectivity index (χ0v) is 12.5. The third-order valence-corrected chi connectivity index (χ3v) is 3.40. The predicted octanol–water partition coefficient (Wildman–Crippen LogP) is 3.24. The molecule has 2 rings (SSSR count). The van der Waals surface area contributed by atoms with Crippen molar-refractivity contribution in [1.29, 1.82) is 0 Å². The topological polar surface area (TPSA) is 49.3 Å². The highest BCUT2D eigenvalue weighted by Gasteiger charge is 2.30. The third kappa shape index (κ3) is 4.79. The molecule has 0 saturated carbocycles. The van der Waals surface area contributed by atoms with Crippen LogP contribution in [-0.2, 0) is 17.4 Å². The Kier molecular flexibility index (Phi) is 5.56. The Labute approximate surface area is 135 Å². The number of amides is 1. The molecule has 0 radical (unpaired) electrons. The number of aliphatic hydroxyl groups excluding tert-OH is 1. The van der Waals surface area contributed by atoms with Crippen LogP contribution < -0.4 is 5.32 Å². The number of rotatable bonds is 5. The highest BCUT2D eigenvalue weighted by Crippen LogP contribution is 2.30. The van der Waals surface area contributed by atoms with Crippen LogP contribution in [0.15, 0.2) is 48.5 Å². The second kappa shape index (κ2) is 7.44. The van der Waals surface area contributed by atoms with Crippen LogP contribution in [0, 0.1) is 5.82 Å². The van der Waals surface area contributed by atoms with Crippen LogP contribution in [0.1, 0.15) is 22.8 Å². The summed E-state index contributed by atoms with van der Waals surface area (Å²) >= 11 is 0. The van der Waals surface area contributed by atoms with Gasteiger partial charge in [0, 0.05) is 6.54 Å². The molecular weight excluding hydrogens is 326 g/mol. The molecule has 24 heavy (non-hydrogen) atoms. The SMILES string of the molecule is O=C(Cc1ccccc1F)NCC(O)c1cccc(C(F)(F)F)c1. The summed E-state index contributed by atoms with van der Waals surface area (Å²) in [5, 5.41) is 12.3. The first-order chi connectivity index (χ1) is 11.3. The summed E-state index contributed by atoms with van der Waals surface area (Å²) in [6.45, 7) is -0.269. The summed E-state index contributed by atoms with van der Waals surface area (Å²) in [5.41, 5.74) is -0.642. The van der Waals surface area contributed by atoms with Gasteiger partial charge in [0.15, 0.2) is 0 Å². The summed E-state index contributed by atoms with van der Waals surface area (Å²) in [5.74, 6) is -1.06. The first-order valence-electron chi connectivity index (χ1n) is 7.12. The first-order valence-corrected chi connectivity index (χ1v) is 7.12. The number of halogens is 4. The average molecular weight is 341 g/mol. The van der Waals surface area contributed by atoms with Crippen LogP contribution in [0.5, 0.6) is 0 Å². The minimum atomic E-state index is -4.51. The molecule has 0 aliphatic rings. The fourth-order valence-electron chi connectivity index (χ4n) is 2.13. The lowest BCUT2D eigenvalue weighted by atomic mass is 10.1. The Balaban J connectivity index is 1.94. The van der Waals surface area contributed by atoms with Crippen LogP contribution in [0.25, 0.3) is 0 Å². The monoisotopic (exact) mass is 341 g/mol. The van der Waals surface area contributed by atoms with E-state index in [1.54, 1.807) is 6.07 Å². The van der Waals surface area contributed by atoms with Crippen molar-refractivity contribution in [2.24, 2.45) is 0 Å². The number of carbonyl (C=O) groups excluding carboxylic acids is 1. The zero-order valence-electron chi connectivity index (χ0n) is 12.5. The van der Waals surface area contributed by atoms with Gasteiger partial charge in [-0.2, -0.15) is 13.2 Å². The summed E-state index contributed by atoms with van der Waals surface area (Å²) in [4.78, 5) is 11.8. The van der Waals surface area contributed by atoms with E-state index < -0.39 is 29.6 Å². The first kappa shape index (κ1) is 17.9. The Morgan fingerprint density at radius 1 is 1.12 bits per heavy atom. The quantitative estimate of drug-likeness (QED) is 0.821. The van der Waals surface area contributed by atoms with E-state index in [1.165, 1.54) is 30.3 Å². The van der Waals surface area contributed by atoms with Crippen molar-refractivity contribution in [3.05, 3.63) is 71.0 Å². The Morgan fingerprint density at radius 2 is 1.83 bits per heavy atom. The van der Waals surface area contributed by atoms with Crippen molar-refractivity contribution in [2.75, 3.05) is 6.54 Å². The Bertz CT molecular complexity index is 716. The van der Waals surface area contributed by atoms with Gasteiger partial charge >= 0.3 is 6.18 Å². The molecule has 2 aromatic carbocycles. The van der Waals surface area contributed by atoms with Gasteiger partial charge in [0.2, 0.25) is 5.91 Å². The maximum atomic E-state index is 13.4. The number of carbonyl (C=O) groups is 1. The molecule has 1 atom stereocenters. The van der Waals surface area contributed by atoms with E-state index in [4.69, 9.17) is 0 Å². The van der Waals surface area contributed by atoms with E-state index in [9.17, 15) is 27.5 Å². The van der Waals surface area contributed by atoms with Gasteiger partial charge in [0.1, 0.15) is 5.82 Å². The van der Waals surface area contributed by atoms with E-state index in [2.05, 4.69) is 5.32 Å². The molecule has 7 heteroatoms. The van der Waals surface area contributed by atoms with E-state index in [-0.39, 0.29) is 24.1 Å². The van der Waals surface area contributed by atoms with Gasteiger partial charge in [0.25, 0.3) is 0 Å². The minimum Gasteiger partial charge on any atom is -0.387 e. The van der Waals surface area contributed by atoms with Gasteiger partial charge in [-0.3, -0.25) is 4.79 Å². The van der Waals surface area contributed by atoms with Crippen molar-refractivity contribution in [2.45, 2.75) is 18.7 Å². The molecule has 2 aromatic rings. The summed E-state index contributed by atoms with van der Waals surface area (Å²) in [6.07, 6.45) is -6.02. The summed E-state index contributed by atoms with van der Waals surface area (Å²) in [7, 11) is 0. The minimum absolute atomic E-state index is 0.0380. The third-order valence-electron chi connectivity index (χ3n) is 3.40. The maximum Gasteiger partial charge on any atom is 0.416 e. The largest absolute Gasteiger partial charge is 0.416 e. The lowest BCUT2D eigenvalue weighted by Gasteiger charge is -2.14. The molecule has 0 aromatic heterocycles. The van der Waals surface area contributed by atoms with Gasteiger partial charge in [-0.15, -0.1) is 0 Å². The van der Waals surface area contributed by atoms with Crippen molar-refractivity contribution < 1.29 is 27.5 Å². The van der Waals surface area contributed by atoms with E-state index in [0.29, 0.717) is 0 Å². The number of hydrogen-bond acceptors (Lipinski definition) is 2. The summed E-state index contributed by atoms with van der Waals surface area (Å²) < 4.78 is 51.3. The van der Waals surface area contributed by atoms with Crippen molar-refractivity contribution in [3.8, 4) is 0 Å². The number of aliphatic hydroxyl groups is 1. The molecule has 0 heterocycles. The molecule has 128 valence electrons. The molecule has 0 aliphatic heterocycles. The molecule has 2 N–H and O–H groups in total. The molecule has 1 amide bonds. The van der Waals surface area contributed by atoms with Crippen molar-refractivity contribution in [1.82, 2.24) is 5.32 Å². The highest BCUT2D eigenvalue weighted by atomic mass is 19.4. The zero-order chi connectivity index (χ0) is 17.7. The molecule has 3 nitrogen and oxygen atoms in total. The summed E-state index contributed by atoms with van der Waals surface area (Å²) in [6, 6.07) is 10.0. The van der Waals surface area contributed by atoms with Crippen LogP contribution >= 0.6 is 0 Å². The van der Waals surface area contributed by atoms with Crippen molar-refractivity contribution in [3.63, 3.8) is 0 Å². The highest BCUT2D eigenvalue weighted by molar-refractivity contribution is 5.78. The Morgan fingerprint density at radius 3 is 2.50 bits per heavy atom. The molecule has 0 spiro atoms. The van der Waals surface area contributed by atoms with Gasteiger partial charge in [-0.05, 0) is 29.3 Å². The fourth-order valence-corrected chi connectivity index (χ4v) is 2.13. The van der Waals surface area contributed by atoms with Gasteiger partial charge in [-0.1, -0.05) is 30.3 Å².